The Labute approximate surface area is 150 Å². The van der Waals surface area contributed by atoms with E-state index < -0.39 is 18.0 Å². The first-order valence-corrected chi connectivity index (χ1v) is 8.04. The van der Waals surface area contributed by atoms with Crippen LogP contribution in [0, 0.1) is 6.92 Å². The smallest absolute Gasteiger partial charge is 0.359 e. The number of benzene rings is 2. The molecule has 6 nitrogen and oxygen atoms in total. The van der Waals surface area contributed by atoms with E-state index in [0.717, 1.165) is 0 Å². The quantitative estimate of drug-likeness (QED) is 0.716. The van der Waals surface area contributed by atoms with Gasteiger partial charge >= 0.3 is 5.97 Å². The number of carbonyl (C=O) groups is 2. The molecule has 0 spiro atoms. The highest BCUT2D eigenvalue weighted by Crippen LogP contribution is 2.21. The van der Waals surface area contributed by atoms with Gasteiger partial charge in [-0.25, -0.2) is 9.78 Å². The fourth-order valence-electron chi connectivity index (χ4n) is 2.30. The molecule has 1 amide bonds. The van der Waals surface area contributed by atoms with Crippen LogP contribution in [0.5, 0.6) is 0 Å². The standard InChI is InChI=1S/C20H17N3O3/c1-14-12-22-17(13-21-14)20(25)26-18(15-8-4-2-5-9-15)19(24)23-16-10-6-3-7-11-16/h2-13,18H,1H3,(H,23,24). The second-order valence-electron chi connectivity index (χ2n) is 5.59. The summed E-state index contributed by atoms with van der Waals surface area (Å²) in [6.45, 7) is 1.77. The van der Waals surface area contributed by atoms with Crippen LogP contribution in [0.1, 0.15) is 27.8 Å². The fraction of sp³-hybridized carbons (Fsp3) is 0.100. The summed E-state index contributed by atoms with van der Waals surface area (Å²) in [5.41, 5.74) is 1.91. The number of para-hydroxylation sites is 1. The maximum absolute atomic E-state index is 12.7. The van der Waals surface area contributed by atoms with E-state index in [9.17, 15) is 9.59 Å². The van der Waals surface area contributed by atoms with Crippen molar-refractivity contribution in [2.75, 3.05) is 5.32 Å². The summed E-state index contributed by atoms with van der Waals surface area (Å²) in [6.07, 6.45) is 1.69. The van der Waals surface area contributed by atoms with Crippen molar-refractivity contribution in [3.05, 3.63) is 90.0 Å². The molecule has 1 atom stereocenters. The topological polar surface area (TPSA) is 81.2 Å². The largest absolute Gasteiger partial charge is 0.443 e. The number of rotatable bonds is 5. The zero-order chi connectivity index (χ0) is 18.4. The highest BCUT2D eigenvalue weighted by atomic mass is 16.5. The van der Waals surface area contributed by atoms with Gasteiger partial charge in [-0.3, -0.25) is 9.78 Å². The summed E-state index contributed by atoms with van der Waals surface area (Å²) < 4.78 is 5.44. The van der Waals surface area contributed by atoms with Crippen LogP contribution in [0.2, 0.25) is 0 Å². The molecule has 3 aromatic rings. The number of esters is 1. The van der Waals surface area contributed by atoms with Gasteiger partial charge in [0, 0.05) is 17.4 Å². The van der Waals surface area contributed by atoms with Gasteiger partial charge in [-0.2, -0.15) is 0 Å². The lowest BCUT2D eigenvalue weighted by Crippen LogP contribution is -2.26. The zero-order valence-corrected chi connectivity index (χ0v) is 14.1. The summed E-state index contributed by atoms with van der Waals surface area (Å²) in [7, 11) is 0. The van der Waals surface area contributed by atoms with Crippen LogP contribution >= 0.6 is 0 Å². The Balaban J connectivity index is 1.82. The van der Waals surface area contributed by atoms with Gasteiger partial charge in [-0.1, -0.05) is 48.5 Å². The van der Waals surface area contributed by atoms with E-state index >= 15 is 0 Å². The number of hydrogen-bond donors (Lipinski definition) is 1. The SMILES string of the molecule is Cc1cnc(C(=O)OC(C(=O)Nc2ccccc2)c2ccccc2)cn1. The first kappa shape index (κ1) is 17.3. The van der Waals surface area contributed by atoms with Crippen molar-refractivity contribution in [3.63, 3.8) is 0 Å². The molecule has 1 N–H and O–H groups in total. The molecule has 0 bridgehead atoms. The van der Waals surface area contributed by atoms with Gasteiger partial charge in [-0.15, -0.1) is 0 Å². The molecule has 130 valence electrons. The maximum Gasteiger partial charge on any atom is 0.359 e. The molecular weight excluding hydrogens is 330 g/mol. The molecule has 2 aromatic carbocycles. The number of ether oxygens (including phenoxy) is 1. The minimum atomic E-state index is -1.10. The van der Waals surface area contributed by atoms with E-state index in [0.29, 0.717) is 16.9 Å². The summed E-state index contributed by atoms with van der Waals surface area (Å²) in [5.74, 6) is -1.16. The van der Waals surface area contributed by atoms with E-state index in [1.54, 1.807) is 55.5 Å². The van der Waals surface area contributed by atoms with Gasteiger partial charge in [0.05, 0.1) is 11.9 Å². The zero-order valence-electron chi connectivity index (χ0n) is 14.1. The third kappa shape index (κ3) is 4.30. The first-order valence-electron chi connectivity index (χ1n) is 8.04. The number of hydrogen-bond acceptors (Lipinski definition) is 5. The van der Waals surface area contributed by atoms with Crippen molar-refractivity contribution in [1.29, 1.82) is 0 Å². The maximum atomic E-state index is 12.7. The van der Waals surface area contributed by atoms with E-state index in [4.69, 9.17) is 4.74 Å². The molecule has 6 heteroatoms. The summed E-state index contributed by atoms with van der Waals surface area (Å²) >= 11 is 0. The van der Waals surface area contributed by atoms with E-state index in [1.165, 1.54) is 12.4 Å². The molecular formula is C20H17N3O3. The molecule has 1 aromatic heterocycles. The Morgan fingerprint density at radius 1 is 0.923 bits per heavy atom. The molecule has 26 heavy (non-hydrogen) atoms. The van der Waals surface area contributed by atoms with Gasteiger partial charge < -0.3 is 10.1 Å². The Bertz CT molecular complexity index is 881. The molecule has 0 aliphatic carbocycles. The van der Waals surface area contributed by atoms with Crippen molar-refractivity contribution in [1.82, 2.24) is 9.97 Å². The van der Waals surface area contributed by atoms with E-state index in [-0.39, 0.29) is 5.69 Å². The number of carbonyl (C=O) groups excluding carboxylic acids is 2. The van der Waals surface area contributed by atoms with E-state index in [1.807, 2.05) is 12.1 Å². The minimum absolute atomic E-state index is 0.0454. The first-order chi connectivity index (χ1) is 12.6. The normalized spacial score (nSPS) is 11.4. The van der Waals surface area contributed by atoms with Gasteiger partial charge in [0.15, 0.2) is 5.69 Å². The summed E-state index contributed by atoms with van der Waals surface area (Å²) in [6, 6.07) is 17.8. The number of aryl methyl sites for hydroxylation is 1. The summed E-state index contributed by atoms with van der Waals surface area (Å²) in [4.78, 5) is 33.1. The Morgan fingerprint density at radius 2 is 1.58 bits per heavy atom. The van der Waals surface area contributed by atoms with Gasteiger partial charge in [0.2, 0.25) is 6.10 Å². The highest BCUT2D eigenvalue weighted by molar-refractivity contribution is 5.97. The van der Waals surface area contributed by atoms with Crippen molar-refractivity contribution >= 4 is 17.6 Å². The lowest BCUT2D eigenvalue weighted by molar-refractivity contribution is -0.125. The predicted octanol–water partition coefficient (Wildman–Crippen LogP) is 3.32. The third-order valence-electron chi connectivity index (χ3n) is 3.60. The van der Waals surface area contributed by atoms with Gasteiger partial charge in [-0.05, 0) is 19.1 Å². The molecule has 0 saturated heterocycles. The van der Waals surface area contributed by atoms with Crippen molar-refractivity contribution in [2.45, 2.75) is 13.0 Å². The highest BCUT2D eigenvalue weighted by Gasteiger charge is 2.26. The molecule has 0 radical (unpaired) electrons. The lowest BCUT2D eigenvalue weighted by Gasteiger charge is -2.18. The molecule has 0 saturated carbocycles. The second kappa shape index (κ2) is 8.02. The Hall–Kier alpha value is -3.54. The Kier molecular flexibility index (Phi) is 5.34. The monoisotopic (exact) mass is 347 g/mol. The van der Waals surface area contributed by atoms with Crippen molar-refractivity contribution < 1.29 is 14.3 Å². The lowest BCUT2D eigenvalue weighted by atomic mass is 10.1. The average Bonchev–Trinajstić information content (AvgIpc) is 2.68. The predicted molar refractivity (Wildman–Crippen MR) is 96.4 cm³/mol. The molecule has 0 aliphatic heterocycles. The molecule has 0 aliphatic rings. The van der Waals surface area contributed by atoms with Crippen LogP contribution in [0.15, 0.2) is 73.1 Å². The number of aromatic nitrogens is 2. The van der Waals surface area contributed by atoms with Crippen LogP contribution in [-0.2, 0) is 9.53 Å². The van der Waals surface area contributed by atoms with Crippen molar-refractivity contribution in [2.24, 2.45) is 0 Å². The third-order valence-corrected chi connectivity index (χ3v) is 3.60. The second-order valence-corrected chi connectivity index (χ2v) is 5.59. The molecule has 1 heterocycles. The molecule has 1 unspecified atom stereocenters. The van der Waals surface area contributed by atoms with Gasteiger partial charge in [0.1, 0.15) is 0 Å². The number of nitrogens with zero attached hydrogens (tertiary/aromatic N) is 2. The number of anilines is 1. The Morgan fingerprint density at radius 3 is 2.19 bits per heavy atom. The van der Waals surface area contributed by atoms with E-state index in [2.05, 4.69) is 15.3 Å². The molecule has 3 rings (SSSR count). The van der Waals surface area contributed by atoms with Crippen LogP contribution < -0.4 is 5.32 Å². The van der Waals surface area contributed by atoms with Gasteiger partial charge in [0.25, 0.3) is 5.91 Å². The van der Waals surface area contributed by atoms with Crippen LogP contribution in [0.4, 0.5) is 5.69 Å². The van der Waals surface area contributed by atoms with Crippen LogP contribution in [-0.4, -0.2) is 21.8 Å². The van der Waals surface area contributed by atoms with Crippen molar-refractivity contribution in [3.8, 4) is 0 Å². The number of nitrogens with one attached hydrogen (secondary N) is 1. The van der Waals surface area contributed by atoms with Crippen LogP contribution in [0.25, 0.3) is 0 Å². The number of amides is 1. The average molecular weight is 347 g/mol. The fourth-order valence-corrected chi connectivity index (χ4v) is 2.30. The summed E-state index contributed by atoms with van der Waals surface area (Å²) in [5, 5.41) is 2.75. The molecule has 0 fully saturated rings. The minimum Gasteiger partial charge on any atom is -0.443 e. The van der Waals surface area contributed by atoms with Crippen LogP contribution in [0.3, 0.4) is 0 Å².